The summed E-state index contributed by atoms with van der Waals surface area (Å²) in [5, 5.41) is 9.29. The number of rotatable bonds is 4. The highest BCUT2D eigenvalue weighted by Gasteiger charge is 2.16. The van der Waals surface area contributed by atoms with E-state index in [4.69, 9.17) is 5.73 Å². The Morgan fingerprint density at radius 2 is 2.12 bits per heavy atom. The number of allylic oxidation sites excluding steroid dienone is 1. The Morgan fingerprint density at radius 1 is 1.31 bits per heavy atom. The summed E-state index contributed by atoms with van der Waals surface area (Å²) in [6, 6.07) is 11.7. The van der Waals surface area contributed by atoms with E-state index in [-0.39, 0.29) is 0 Å². The van der Waals surface area contributed by atoms with E-state index in [2.05, 4.69) is 21.0 Å². The van der Waals surface area contributed by atoms with Crippen LogP contribution in [-0.2, 0) is 0 Å². The average Bonchev–Trinajstić information content (AvgIpc) is 3.07. The van der Waals surface area contributed by atoms with Crippen molar-refractivity contribution >= 4 is 22.6 Å². The van der Waals surface area contributed by atoms with Gasteiger partial charge in [-0.05, 0) is 37.6 Å². The van der Waals surface area contributed by atoms with Crippen LogP contribution in [0, 0.1) is 18.3 Å². The third-order valence-electron chi connectivity index (χ3n) is 4.24. The van der Waals surface area contributed by atoms with Gasteiger partial charge in [0, 0.05) is 35.8 Å². The van der Waals surface area contributed by atoms with Crippen molar-refractivity contribution < 1.29 is 0 Å². The molecule has 0 fully saturated rings. The highest BCUT2D eigenvalue weighted by atomic mass is 15.0. The third-order valence-corrected chi connectivity index (χ3v) is 4.24. The van der Waals surface area contributed by atoms with Gasteiger partial charge in [-0.1, -0.05) is 13.0 Å². The molecule has 3 aromatic heterocycles. The number of aliphatic imine (C=N–C) groups is 1. The van der Waals surface area contributed by atoms with E-state index in [0.717, 1.165) is 29.0 Å². The summed E-state index contributed by atoms with van der Waals surface area (Å²) in [5.74, 6) is 0. The molecule has 0 atom stereocenters. The minimum absolute atomic E-state index is 0.472. The fraction of sp³-hybridized carbons (Fsp3) is 0.200. The zero-order chi connectivity index (χ0) is 18.7. The number of nitrogens with zero attached hydrogens (tertiary/aromatic N) is 5. The predicted molar refractivity (Wildman–Crippen MR) is 104 cm³/mol. The van der Waals surface area contributed by atoms with Crippen molar-refractivity contribution in [1.82, 2.24) is 14.4 Å². The molecule has 0 aromatic carbocycles. The van der Waals surface area contributed by atoms with Gasteiger partial charge < -0.3 is 5.73 Å². The first-order valence-corrected chi connectivity index (χ1v) is 8.36. The summed E-state index contributed by atoms with van der Waals surface area (Å²) in [5.41, 5.74) is 12.5. The molecule has 0 unspecified atom stereocenters. The Balaban J connectivity index is 2.28. The first kappa shape index (κ1) is 17.4. The maximum atomic E-state index is 9.29. The summed E-state index contributed by atoms with van der Waals surface area (Å²) >= 11 is 0. The Morgan fingerprint density at radius 3 is 2.77 bits per heavy atom. The topological polar surface area (TPSA) is 92.4 Å². The Kier molecular flexibility index (Phi) is 4.81. The molecule has 6 heteroatoms. The van der Waals surface area contributed by atoms with E-state index in [1.807, 2.05) is 50.4 Å². The van der Waals surface area contributed by atoms with Crippen molar-refractivity contribution in [1.29, 1.82) is 5.26 Å². The van der Waals surface area contributed by atoms with Gasteiger partial charge in [0.05, 0.1) is 17.6 Å². The van der Waals surface area contributed by atoms with E-state index in [1.165, 1.54) is 0 Å². The lowest BCUT2D eigenvalue weighted by Crippen LogP contribution is -2.11. The Hall–Kier alpha value is -3.46. The number of pyridine rings is 2. The molecule has 0 radical (unpaired) electrons. The molecule has 0 saturated heterocycles. The lowest BCUT2D eigenvalue weighted by atomic mass is 9.97. The number of hydrogen-bond donors (Lipinski definition) is 1. The normalized spacial score (nSPS) is 12.8. The van der Waals surface area contributed by atoms with E-state index in [9.17, 15) is 5.26 Å². The number of hydrogen-bond acceptors (Lipinski definition) is 5. The number of aromatic nitrogens is 3. The number of aryl methyl sites for hydroxylation is 1. The smallest absolute Gasteiger partial charge is 0.144 e. The number of nitriles is 1. The van der Waals surface area contributed by atoms with Gasteiger partial charge in [-0.25, -0.2) is 4.98 Å². The Bertz CT molecular complexity index is 1070. The highest BCUT2D eigenvalue weighted by Crippen LogP contribution is 2.26. The van der Waals surface area contributed by atoms with Gasteiger partial charge in [-0.15, -0.1) is 0 Å². The predicted octanol–water partition coefficient (Wildman–Crippen LogP) is 3.22. The molecular formula is C20H20N6. The molecule has 6 nitrogen and oxygen atoms in total. The molecule has 3 heterocycles. The molecule has 0 spiro atoms. The van der Waals surface area contributed by atoms with Crippen molar-refractivity contribution in [3.05, 3.63) is 65.4 Å². The van der Waals surface area contributed by atoms with Gasteiger partial charge in [0.1, 0.15) is 17.4 Å². The molecule has 0 bridgehead atoms. The molecule has 130 valence electrons. The van der Waals surface area contributed by atoms with Crippen LogP contribution in [0.3, 0.4) is 0 Å². The van der Waals surface area contributed by atoms with Gasteiger partial charge in [0.25, 0.3) is 0 Å². The van der Waals surface area contributed by atoms with E-state index < -0.39 is 0 Å². The molecular weight excluding hydrogens is 324 g/mol. The zero-order valence-corrected chi connectivity index (χ0v) is 15.1. The van der Waals surface area contributed by atoms with Crippen molar-refractivity contribution in [3.63, 3.8) is 0 Å². The fourth-order valence-electron chi connectivity index (χ4n) is 2.96. The largest absolute Gasteiger partial charge is 0.396 e. The van der Waals surface area contributed by atoms with Crippen molar-refractivity contribution in [3.8, 4) is 6.07 Å². The molecule has 0 saturated carbocycles. The lowest BCUT2D eigenvalue weighted by Gasteiger charge is -2.15. The van der Waals surface area contributed by atoms with Gasteiger partial charge in [0.15, 0.2) is 0 Å². The molecule has 26 heavy (non-hydrogen) atoms. The van der Waals surface area contributed by atoms with Crippen LogP contribution >= 0.6 is 0 Å². The summed E-state index contributed by atoms with van der Waals surface area (Å²) in [4.78, 5) is 13.2. The standard InChI is InChI=1S/C20H20N6/c1-4-16(23-3)19(20(22)17-7-5-6-13(2)25-17)14-8-9-18-24-11-15(10-21)26(18)12-14/h5-9,11-12H,4,22H2,1-3H3. The van der Waals surface area contributed by atoms with Crippen LogP contribution < -0.4 is 5.73 Å². The van der Waals surface area contributed by atoms with Crippen LogP contribution in [0.1, 0.15) is 36.0 Å². The van der Waals surface area contributed by atoms with Gasteiger partial charge in [-0.2, -0.15) is 5.26 Å². The first-order valence-electron chi connectivity index (χ1n) is 8.36. The maximum Gasteiger partial charge on any atom is 0.144 e. The SMILES string of the molecule is CCC(=NC)C(=C(N)c1cccc(C)n1)c1ccc2ncc(C#N)n2c1. The van der Waals surface area contributed by atoms with Crippen LogP contribution in [0.2, 0.25) is 0 Å². The minimum Gasteiger partial charge on any atom is -0.396 e. The van der Waals surface area contributed by atoms with Gasteiger partial charge in [-0.3, -0.25) is 14.4 Å². The molecule has 0 aliphatic heterocycles. The molecule has 0 amide bonds. The zero-order valence-electron chi connectivity index (χ0n) is 15.1. The molecule has 0 aliphatic rings. The van der Waals surface area contributed by atoms with Crippen LogP contribution in [0.15, 0.2) is 47.7 Å². The molecule has 2 N–H and O–H groups in total. The van der Waals surface area contributed by atoms with E-state index >= 15 is 0 Å². The minimum atomic E-state index is 0.472. The number of nitrogens with two attached hydrogens (primary N) is 1. The van der Waals surface area contributed by atoms with Crippen LogP contribution in [0.5, 0.6) is 0 Å². The Labute approximate surface area is 152 Å². The van der Waals surface area contributed by atoms with E-state index in [0.29, 0.717) is 22.7 Å². The van der Waals surface area contributed by atoms with Crippen LogP contribution in [0.25, 0.3) is 16.9 Å². The van der Waals surface area contributed by atoms with E-state index in [1.54, 1.807) is 17.6 Å². The van der Waals surface area contributed by atoms with Gasteiger partial charge >= 0.3 is 0 Å². The molecule has 3 aromatic rings. The van der Waals surface area contributed by atoms with Crippen molar-refractivity contribution in [2.24, 2.45) is 10.7 Å². The summed E-state index contributed by atoms with van der Waals surface area (Å²) < 4.78 is 1.76. The fourth-order valence-corrected chi connectivity index (χ4v) is 2.96. The second-order valence-corrected chi connectivity index (χ2v) is 5.88. The van der Waals surface area contributed by atoms with Crippen molar-refractivity contribution in [2.45, 2.75) is 20.3 Å². The van der Waals surface area contributed by atoms with Crippen LogP contribution in [-0.4, -0.2) is 27.1 Å². The summed E-state index contributed by atoms with van der Waals surface area (Å²) in [6.07, 6.45) is 4.16. The molecule has 3 rings (SSSR count). The monoisotopic (exact) mass is 344 g/mol. The number of fused-ring (bicyclic) bond motifs is 1. The first-order chi connectivity index (χ1) is 12.6. The average molecular weight is 344 g/mol. The van der Waals surface area contributed by atoms with Crippen LogP contribution in [0.4, 0.5) is 0 Å². The third kappa shape index (κ3) is 3.07. The number of imidazole rings is 1. The molecule has 0 aliphatic carbocycles. The van der Waals surface area contributed by atoms with Crippen molar-refractivity contribution in [2.75, 3.05) is 7.05 Å². The second-order valence-electron chi connectivity index (χ2n) is 5.88. The van der Waals surface area contributed by atoms with Gasteiger partial charge in [0.2, 0.25) is 0 Å². The quantitative estimate of drug-likeness (QED) is 0.736. The maximum absolute atomic E-state index is 9.29. The second kappa shape index (κ2) is 7.19. The summed E-state index contributed by atoms with van der Waals surface area (Å²) in [7, 11) is 1.76. The summed E-state index contributed by atoms with van der Waals surface area (Å²) in [6.45, 7) is 3.97. The lowest BCUT2D eigenvalue weighted by molar-refractivity contribution is 1.14. The highest BCUT2D eigenvalue weighted by molar-refractivity contribution is 6.29.